The molecule has 5 nitrogen and oxygen atoms in total. The summed E-state index contributed by atoms with van der Waals surface area (Å²) in [7, 11) is -3.65. The molecule has 1 aromatic carbocycles. The van der Waals surface area contributed by atoms with Gasteiger partial charge in [0.25, 0.3) is 0 Å². The van der Waals surface area contributed by atoms with Gasteiger partial charge in [-0.25, -0.2) is 13.1 Å². The molecular formula is C14H23N3O2S. The van der Waals surface area contributed by atoms with Crippen LogP contribution in [0, 0.1) is 11.3 Å². The Morgan fingerprint density at radius 1 is 1.30 bits per heavy atom. The predicted molar refractivity (Wildman–Crippen MR) is 81.3 cm³/mol. The van der Waals surface area contributed by atoms with Crippen molar-refractivity contribution in [3.63, 3.8) is 0 Å². The SMILES string of the molecule is CCCc1ccc(S(=O)(=O)NC(C(=N)N)C(C)C)cc1. The molecule has 20 heavy (non-hydrogen) atoms. The summed E-state index contributed by atoms with van der Waals surface area (Å²) in [5.41, 5.74) is 6.55. The van der Waals surface area contributed by atoms with E-state index in [0.717, 1.165) is 18.4 Å². The Hall–Kier alpha value is -1.40. The molecular weight excluding hydrogens is 274 g/mol. The Bertz CT molecular complexity index is 550. The molecule has 112 valence electrons. The van der Waals surface area contributed by atoms with Crippen LogP contribution < -0.4 is 10.5 Å². The Morgan fingerprint density at radius 2 is 1.85 bits per heavy atom. The molecule has 4 N–H and O–H groups in total. The molecule has 6 heteroatoms. The van der Waals surface area contributed by atoms with Crippen LogP contribution in [-0.2, 0) is 16.4 Å². The second kappa shape index (κ2) is 6.85. The summed E-state index contributed by atoms with van der Waals surface area (Å²) in [6.45, 7) is 5.71. The summed E-state index contributed by atoms with van der Waals surface area (Å²) in [6.07, 6.45) is 1.94. The van der Waals surface area contributed by atoms with Crippen LogP contribution in [0.5, 0.6) is 0 Å². The summed E-state index contributed by atoms with van der Waals surface area (Å²) in [6, 6.07) is 6.12. The standard InChI is InChI=1S/C14H23N3O2S/c1-4-5-11-6-8-12(9-7-11)20(18,19)17-13(10(2)3)14(15)16/h6-10,13,17H,4-5H2,1-3H3,(H3,15,16). The van der Waals surface area contributed by atoms with E-state index in [0.29, 0.717) is 0 Å². The van der Waals surface area contributed by atoms with Crippen molar-refractivity contribution >= 4 is 15.9 Å². The summed E-state index contributed by atoms with van der Waals surface area (Å²) in [5, 5.41) is 7.46. The summed E-state index contributed by atoms with van der Waals surface area (Å²) >= 11 is 0. The average Bonchev–Trinajstić information content (AvgIpc) is 2.36. The van der Waals surface area contributed by atoms with Gasteiger partial charge in [-0.05, 0) is 30.0 Å². The monoisotopic (exact) mass is 297 g/mol. The zero-order valence-corrected chi connectivity index (χ0v) is 13.0. The molecule has 0 fully saturated rings. The second-order valence-corrected chi connectivity index (χ2v) is 6.91. The number of aryl methyl sites for hydroxylation is 1. The lowest BCUT2D eigenvalue weighted by molar-refractivity contribution is 0.522. The highest BCUT2D eigenvalue weighted by atomic mass is 32.2. The van der Waals surface area contributed by atoms with Gasteiger partial charge in [0.1, 0.15) is 5.84 Å². The molecule has 1 rings (SSSR count). The van der Waals surface area contributed by atoms with Crippen LogP contribution in [-0.4, -0.2) is 20.3 Å². The zero-order chi connectivity index (χ0) is 15.3. The fourth-order valence-corrected chi connectivity index (χ4v) is 3.28. The van der Waals surface area contributed by atoms with Crippen molar-refractivity contribution in [3.8, 4) is 0 Å². The zero-order valence-electron chi connectivity index (χ0n) is 12.2. The highest BCUT2D eigenvalue weighted by Gasteiger charge is 2.24. The first-order chi connectivity index (χ1) is 9.27. The van der Waals surface area contributed by atoms with Crippen molar-refractivity contribution < 1.29 is 8.42 Å². The molecule has 0 aromatic heterocycles. The van der Waals surface area contributed by atoms with E-state index in [1.807, 2.05) is 26.0 Å². The molecule has 0 spiro atoms. The molecule has 1 aromatic rings. The van der Waals surface area contributed by atoms with Gasteiger partial charge in [-0.15, -0.1) is 0 Å². The number of rotatable bonds is 7. The van der Waals surface area contributed by atoms with E-state index in [9.17, 15) is 8.42 Å². The van der Waals surface area contributed by atoms with E-state index < -0.39 is 16.1 Å². The van der Waals surface area contributed by atoms with Crippen LogP contribution in [0.25, 0.3) is 0 Å². The normalized spacial score (nSPS) is 13.4. The van der Waals surface area contributed by atoms with Crippen LogP contribution in [0.3, 0.4) is 0 Å². The van der Waals surface area contributed by atoms with E-state index >= 15 is 0 Å². The van der Waals surface area contributed by atoms with Crippen LogP contribution in [0.1, 0.15) is 32.8 Å². The summed E-state index contributed by atoms with van der Waals surface area (Å²) in [4.78, 5) is 0.198. The van der Waals surface area contributed by atoms with Gasteiger partial charge in [0.2, 0.25) is 10.0 Å². The molecule has 0 aliphatic heterocycles. The highest BCUT2D eigenvalue weighted by molar-refractivity contribution is 7.89. The van der Waals surface area contributed by atoms with Gasteiger partial charge >= 0.3 is 0 Å². The molecule has 0 aliphatic carbocycles. The minimum Gasteiger partial charge on any atom is -0.386 e. The predicted octanol–water partition coefficient (Wildman–Crippen LogP) is 1.88. The maximum Gasteiger partial charge on any atom is 0.241 e. The lowest BCUT2D eigenvalue weighted by Crippen LogP contribution is -2.47. The van der Waals surface area contributed by atoms with Gasteiger partial charge in [-0.2, -0.15) is 0 Å². The summed E-state index contributed by atoms with van der Waals surface area (Å²) < 4.78 is 27.0. The van der Waals surface area contributed by atoms with Gasteiger partial charge in [-0.1, -0.05) is 39.3 Å². The number of hydrogen-bond donors (Lipinski definition) is 3. The summed E-state index contributed by atoms with van der Waals surface area (Å²) in [5.74, 6) is -0.257. The van der Waals surface area contributed by atoms with Crippen LogP contribution in [0.4, 0.5) is 0 Å². The third-order valence-corrected chi connectivity index (χ3v) is 4.51. The lowest BCUT2D eigenvalue weighted by atomic mass is 10.1. The number of nitrogens with one attached hydrogen (secondary N) is 2. The third-order valence-electron chi connectivity index (χ3n) is 3.06. The first-order valence-electron chi connectivity index (χ1n) is 6.73. The first kappa shape index (κ1) is 16.7. The maximum absolute atomic E-state index is 12.3. The molecule has 0 saturated carbocycles. The first-order valence-corrected chi connectivity index (χ1v) is 8.21. The highest BCUT2D eigenvalue weighted by Crippen LogP contribution is 2.14. The molecule has 0 bridgehead atoms. The van der Waals surface area contributed by atoms with Gasteiger partial charge in [-0.3, -0.25) is 5.41 Å². The van der Waals surface area contributed by atoms with Crippen molar-refractivity contribution in [2.45, 2.75) is 44.6 Å². The van der Waals surface area contributed by atoms with Gasteiger partial charge in [0, 0.05) is 0 Å². The minimum absolute atomic E-state index is 0.0818. The van der Waals surface area contributed by atoms with Crippen molar-refractivity contribution in [2.75, 3.05) is 0 Å². The van der Waals surface area contributed by atoms with E-state index in [1.54, 1.807) is 12.1 Å². The van der Waals surface area contributed by atoms with E-state index in [-0.39, 0.29) is 16.6 Å². The maximum atomic E-state index is 12.3. The quantitative estimate of drug-likeness (QED) is 0.529. The molecule has 0 saturated heterocycles. The van der Waals surface area contributed by atoms with Crippen LogP contribution in [0.2, 0.25) is 0 Å². The Balaban J connectivity index is 2.95. The van der Waals surface area contributed by atoms with Gasteiger partial charge in [0.05, 0.1) is 10.9 Å². The smallest absolute Gasteiger partial charge is 0.241 e. The lowest BCUT2D eigenvalue weighted by Gasteiger charge is -2.20. The van der Waals surface area contributed by atoms with Crippen LogP contribution >= 0.6 is 0 Å². The fourth-order valence-electron chi connectivity index (χ4n) is 1.92. The number of hydrogen-bond acceptors (Lipinski definition) is 3. The fraction of sp³-hybridized carbons (Fsp3) is 0.500. The average molecular weight is 297 g/mol. The molecule has 0 heterocycles. The number of sulfonamides is 1. The topological polar surface area (TPSA) is 96.0 Å². The Kier molecular flexibility index (Phi) is 5.71. The van der Waals surface area contributed by atoms with E-state index in [1.165, 1.54) is 0 Å². The van der Waals surface area contributed by atoms with Crippen molar-refractivity contribution in [3.05, 3.63) is 29.8 Å². The Labute approximate surface area is 121 Å². The van der Waals surface area contributed by atoms with Crippen molar-refractivity contribution in [1.82, 2.24) is 4.72 Å². The van der Waals surface area contributed by atoms with E-state index in [4.69, 9.17) is 11.1 Å². The molecule has 0 amide bonds. The van der Waals surface area contributed by atoms with Gasteiger partial charge < -0.3 is 5.73 Å². The number of benzene rings is 1. The van der Waals surface area contributed by atoms with E-state index in [2.05, 4.69) is 11.6 Å². The molecule has 1 unspecified atom stereocenters. The third kappa shape index (κ3) is 4.31. The molecule has 0 radical (unpaired) electrons. The number of amidine groups is 1. The Morgan fingerprint density at radius 3 is 2.25 bits per heavy atom. The molecule has 0 aliphatic rings. The minimum atomic E-state index is -3.65. The van der Waals surface area contributed by atoms with Crippen molar-refractivity contribution in [2.24, 2.45) is 11.7 Å². The van der Waals surface area contributed by atoms with Crippen LogP contribution in [0.15, 0.2) is 29.2 Å². The largest absolute Gasteiger partial charge is 0.386 e. The second-order valence-electron chi connectivity index (χ2n) is 5.19. The molecule has 1 atom stereocenters. The number of nitrogens with two attached hydrogens (primary N) is 1. The van der Waals surface area contributed by atoms with Crippen molar-refractivity contribution in [1.29, 1.82) is 5.41 Å². The van der Waals surface area contributed by atoms with Gasteiger partial charge in [0.15, 0.2) is 0 Å².